The molecule has 0 aliphatic rings. The number of aromatic nitrogens is 2. The minimum Gasteiger partial charge on any atom is -0.334 e. The predicted octanol–water partition coefficient (Wildman–Crippen LogP) is 2.10. The third-order valence-electron chi connectivity index (χ3n) is 1.53. The third-order valence-corrected chi connectivity index (χ3v) is 1.53. The number of hydrogen-bond acceptors (Lipinski definition) is 1. The van der Waals surface area contributed by atoms with Gasteiger partial charge in [-0.15, -0.1) is 0 Å². The Labute approximate surface area is 66.9 Å². The van der Waals surface area contributed by atoms with Crippen molar-refractivity contribution in [2.75, 3.05) is 0 Å². The molecule has 0 unspecified atom stereocenters. The SMILES string of the molecule is C=Cc1ncn(C)c1/C=C\C. The van der Waals surface area contributed by atoms with E-state index in [4.69, 9.17) is 0 Å². The van der Waals surface area contributed by atoms with Crippen LogP contribution in [0.5, 0.6) is 0 Å². The summed E-state index contributed by atoms with van der Waals surface area (Å²) in [6.07, 6.45) is 7.55. The standard InChI is InChI=1S/C9H12N2/c1-4-6-9-8(5-2)10-7-11(9)3/h4-7H,2H2,1,3H3/b6-4-. The van der Waals surface area contributed by atoms with Crippen LogP contribution in [0.25, 0.3) is 12.2 Å². The van der Waals surface area contributed by atoms with Gasteiger partial charge in [-0.3, -0.25) is 0 Å². The molecule has 0 radical (unpaired) electrons. The van der Waals surface area contributed by atoms with Gasteiger partial charge in [-0.2, -0.15) is 0 Å². The van der Waals surface area contributed by atoms with Crippen molar-refractivity contribution in [2.24, 2.45) is 7.05 Å². The lowest BCUT2D eigenvalue weighted by Crippen LogP contribution is -1.88. The van der Waals surface area contributed by atoms with Crippen LogP contribution in [0.4, 0.5) is 0 Å². The Balaban J connectivity index is 3.17. The minimum absolute atomic E-state index is 0.936. The predicted molar refractivity (Wildman–Crippen MR) is 48.0 cm³/mol. The number of rotatable bonds is 2. The summed E-state index contributed by atoms with van der Waals surface area (Å²) in [7, 11) is 1.97. The molecular weight excluding hydrogens is 136 g/mol. The summed E-state index contributed by atoms with van der Waals surface area (Å²) in [5.41, 5.74) is 2.04. The minimum atomic E-state index is 0.936. The van der Waals surface area contributed by atoms with E-state index in [0.717, 1.165) is 11.4 Å². The molecule has 2 heteroatoms. The molecule has 1 heterocycles. The van der Waals surface area contributed by atoms with Gasteiger partial charge in [-0.05, 0) is 19.1 Å². The van der Waals surface area contributed by atoms with Gasteiger partial charge < -0.3 is 4.57 Å². The second-order valence-electron chi connectivity index (χ2n) is 2.33. The second kappa shape index (κ2) is 3.19. The van der Waals surface area contributed by atoms with E-state index in [1.54, 1.807) is 12.4 Å². The Bertz CT molecular complexity index is 282. The first-order valence-electron chi connectivity index (χ1n) is 3.56. The molecule has 1 aromatic rings. The fraction of sp³-hybridized carbons (Fsp3) is 0.222. The van der Waals surface area contributed by atoms with Crippen molar-refractivity contribution in [3.8, 4) is 0 Å². The number of nitrogens with zero attached hydrogens (tertiary/aromatic N) is 2. The van der Waals surface area contributed by atoms with Gasteiger partial charge in [-0.1, -0.05) is 12.7 Å². The van der Waals surface area contributed by atoms with Crippen LogP contribution in [0.3, 0.4) is 0 Å². The molecule has 11 heavy (non-hydrogen) atoms. The molecule has 58 valence electrons. The number of allylic oxidation sites excluding steroid dienone is 1. The summed E-state index contributed by atoms with van der Waals surface area (Å²) in [5, 5.41) is 0. The molecule has 0 N–H and O–H groups in total. The van der Waals surface area contributed by atoms with Gasteiger partial charge in [0, 0.05) is 7.05 Å². The zero-order valence-corrected chi connectivity index (χ0v) is 6.91. The molecule has 0 saturated heterocycles. The highest BCUT2D eigenvalue weighted by atomic mass is 15.0. The van der Waals surface area contributed by atoms with Crippen molar-refractivity contribution < 1.29 is 0 Å². The van der Waals surface area contributed by atoms with E-state index in [1.165, 1.54) is 0 Å². The summed E-state index contributed by atoms with van der Waals surface area (Å²) in [6.45, 7) is 5.66. The van der Waals surface area contributed by atoms with Crippen LogP contribution in [-0.4, -0.2) is 9.55 Å². The molecule has 1 aromatic heterocycles. The molecule has 0 atom stereocenters. The summed E-state index contributed by atoms with van der Waals surface area (Å²) in [4.78, 5) is 4.15. The lowest BCUT2D eigenvalue weighted by Gasteiger charge is -1.94. The topological polar surface area (TPSA) is 17.8 Å². The Morgan fingerprint density at radius 2 is 2.36 bits per heavy atom. The van der Waals surface area contributed by atoms with Crippen molar-refractivity contribution in [1.82, 2.24) is 9.55 Å². The first kappa shape index (κ1) is 7.79. The van der Waals surface area contributed by atoms with Gasteiger partial charge >= 0.3 is 0 Å². The van der Waals surface area contributed by atoms with Crippen LogP contribution in [-0.2, 0) is 7.05 Å². The highest BCUT2D eigenvalue weighted by Gasteiger charge is 1.99. The zero-order chi connectivity index (χ0) is 8.27. The summed E-state index contributed by atoms with van der Waals surface area (Å²) < 4.78 is 1.97. The molecule has 0 aromatic carbocycles. The van der Waals surface area contributed by atoms with Crippen LogP contribution in [0.15, 0.2) is 19.0 Å². The van der Waals surface area contributed by atoms with Crippen molar-refractivity contribution in [3.63, 3.8) is 0 Å². The van der Waals surface area contributed by atoms with Gasteiger partial charge in [0.15, 0.2) is 0 Å². The Morgan fingerprint density at radius 3 is 2.91 bits per heavy atom. The van der Waals surface area contributed by atoms with Crippen LogP contribution < -0.4 is 0 Å². The lowest BCUT2D eigenvalue weighted by molar-refractivity contribution is 0.902. The molecule has 0 bridgehead atoms. The van der Waals surface area contributed by atoms with Crippen molar-refractivity contribution >= 4 is 12.2 Å². The molecular formula is C9H12N2. The van der Waals surface area contributed by atoms with E-state index >= 15 is 0 Å². The van der Waals surface area contributed by atoms with Crippen molar-refractivity contribution in [3.05, 3.63) is 30.4 Å². The van der Waals surface area contributed by atoms with Gasteiger partial charge in [0.05, 0.1) is 17.7 Å². The van der Waals surface area contributed by atoms with Gasteiger partial charge in [0.25, 0.3) is 0 Å². The summed E-state index contributed by atoms with van der Waals surface area (Å²) >= 11 is 0. The molecule has 0 spiro atoms. The Kier molecular flexibility index (Phi) is 2.26. The lowest BCUT2D eigenvalue weighted by atomic mass is 10.3. The van der Waals surface area contributed by atoms with E-state index in [0.29, 0.717) is 0 Å². The van der Waals surface area contributed by atoms with Gasteiger partial charge in [-0.25, -0.2) is 4.98 Å². The van der Waals surface area contributed by atoms with Gasteiger partial charge in [0.2, 0.25) is 0 Å². The third kappa shape index (κ3) is 1.40. The molecule has 0 amide bonds. The zero-order valence-electron chi connectivity index (χ0n) is 6.91. The first-order chi connectivity index (χ1) is 5.29. The Hall–Kier alpha value is -1.31. The second-order valence-corrected chi connectivity index (χ2v) is 2.33. The average Bonchev–Trinajstić information content (AvgIpc) is 2.34. The van der Waals surface area contributed by atoms with Crippen molar-refractivity contribution in [1.29, 1.82) is 0 Å². The molecule has 0 aliphatic carbocycles. The largest absolute Gasteiger partial charge is 0.334 e. The molecule has 0 saturated carbocycles. The summed E-state index contributed by atoms with van der Waals surface area (Å²) in [6, 6.07) is 0. The number of aryl methyl sites for hydroxylation is 1. The highest BCUT2D eigenvalue weighted by molar-refractivity contribution is 5.58. The fourth-order valence-electron chi connectivity index (χ4n) is 0.976. The normalized spacial score (nSPS) is 10.7. The van der Waals surface area contributed by atoms with Gasteiger partial charge in [0.1, 0.15) is 0 Å². The smallest absolute Gasteiger partial charge is 0.0955 e. The molecule has 0 fully saturated rings. The van der Waals surface area contributed by atoms with Crippen LogP contribution in [0, 0.1) is 0 Å². The fourth-order valence-corrected chi connectivity index (χ4v) is 0.976. The average molecular weight is 148 g/mol. The first-order valence-corrected chi connectivity index (χ1v) is 3.56. The summed E-state index contributed by atoms with van der Waals surface area (Å²) in [5.74, 6) is 0. The maximum absolute atomic E-state index is 4.15. The molecule has 2 nitrogen and oxygen atoms in total. The van der Waals surface area contributed by atoms with Crippen LogP contribution >= 0.6 is 0 Å². The number of imidazole rings is 1. The highest BCUT2D eigenvalue weighted by Crippen LogP contribution is 2.08. The number of hydrogen-bond donors (Lipinski definition) is 0. The van der Waals surface area contributed by atoms with E-state index in [2.05, 4.69) is 11.6 Å². The van der Waals surface area contributed by atoms with E-state index in [1.807, 2.05) is 30.7 Å². The van der Waals surface area contributed by atoms with Crippen molar-refractivity contribution in [2.45, 2.75) is 6.92 Å². The maximum atomic E-state index is 4.15. The quantitative estimate of drug-likeness (QED) is 0.628. The maximum Gasteiger partial charge on any atom is 0.0955 e. The van der Waals surface area contributed by atoms with Crippen LogP contribution in [0.2, 0.25) is 0 Å². The van der Waals surface area contributed by atoms with E-state index in [-0.39, 0.29) is 0 Å². The van der Waals surface area contributed by atoms with E-state index in [9.17, 15) is 0 Å². The van der Waals surface area contributed by atoms with Crippen LogP contribution in [0.1, 0.15) is 18.3 Å². The Morgan fingerprint density at radius 1 is 1.64 bits per heavy atom. The molecule has 1 rings (SSSR count). The van der Waals surface area contributed by atoms with E-state index < -0.39 is 0 Å². The molecule has 0 aliphatic heterocycles. The monoisotopic (exact) mass is 148 g/mol.